The van der Waals surface area contributed by atoms with Gasteiger partial charge in [-0.05, 0) is 31.1 Å². The van der Waals surface area contributed by atoms with Crippen LogP contribution in [0.5, 0.6) is 0 Å². The molecule has 0 aliphatic carbocycles. The van der Waals surface area contributed by atoms with E-state index in [0.717, 1.165) is 19.3 Å². The molecule has 1 aliphatic rings. The van der Waals surface area contributed by atoms with Crippen LogP contribution in [-0.4, -0.2) is 44.1 Å². The first-order valence-corrected chi connectivity index (χ1v) is 9.08. The van der Waals surface area contributed by atoms with Gasteiger partial charge in [-0.25, -0.2) is 4.72 Å². The molecule has 20 heavy (non-hydrogen) atoms. The normalized spacial score (nSPS) is 25.9. The lowest BCUT2D eigenvalue weighted by Crippen LogP contribution is -2.50. The number of aliphatic hydroxyl groups is 1. The maximum absolute atomic E-state index is 12.4. The Kier molecular flexibility index (Phi) is 6.44. The third-order valence-corrected chi connectivity index (χ3v) is 6.13. The first kappa shape index (κ1) is 17.9. The zero-order valence-electron chi connectivity index (χ0n) is 13.2. The van der Waals surface area contributed by atoms with Crippen LogP contribution in [0.3, 0.4) is 0 Å². The van der Waals surface area contributed by atoms with Crippen molar-refractivity contribution >= 4 is 10.2 Å². The predicted octanol–water partition coefficient (Wildman–Crippen LogP) is 1.60. The van der Waals surface area contributed by atoms with E-state index in [9.17, 15) is 13.5 Å². The molecule has 1 fully saturated rings. The fraction of sp³-hybridized carbons (Fsp3) is 1.00. The summed E-state index contributed by atoms with van der Waals surface area (Å²) in [4.78, 5) is 0. The van der Waals surface area contributed by atoms with Gasteiger partial charge in [0.05, 0.1) is 0 Å². The Bertz CT molecular complexity index is 375. The molecular weight excluding hydrogens is 276 g/mol. The highest BCUT2D eigenvalue weighted by Gasteiger charge is 2.33. The van der Waals surface area contributed by atoms with Crippen molar-refractivity contribution in [2.24, 2.45) is 17.3 Å². The Hall–Kier alpha value is -0.170. The van der Waals surface area contributed by atoms with Gasteiger partial charge in [0.1, 0.15) is 0 Å². The molecule has 1 aliphatic heterocycles. The smallest absolute Gasteiger partial charge is 0.279 e. The van der Waals surface area contributed by atoms with E-state index in [1.54, 1.807) is 4.31 Å². The van der Waals surface area contributed by atoms with Crippen LogP contribution in [-0.2, 0) is 10.2 Å². The van der Waals surface area contributed by atoms with Crippen molar-refractivity contribution in [3.8, 4) is 0 Å². The SMILES string of the molecule is CCC(CC)(CO)CNS(=O)(=O)N1CC(C)CC(C)C1. The number of piperidine rings is 1. The Morgan fingerprint density at radius 3 is 2.10 bits per heavy atom. The molecule has 0 radical (unpaired) electrons. The molecular formula is C14H30N2O3S. The number of rotatable bonds is 7. The summed E-state index contributed by atoms with van der Waals surface area (Å²) >= 11 is 0. The molecule has 2 N–H and O–H groups in total. The third kappa shape index (κ3) is 4.41. The molecule has 5 nitrogen and oxygen atoms in total. The molecule has 6 heteroatoms. The van der Waals surface area contributed by atoms with Gasteiger partial charge in [0, 0.05) is 31.7 Å². The minimum Gasteiger partial charge on any atom is -0.396 e. The molecule has 2 atom stereocenters. The highest BCUT2D eigenvalue weighted by atomic mass is 32.2. The zero-order chi connectivity index (χ0) is 15.4. The molecule has 0 saturated carbocycles. The molecule has 0 aromatic carbocycles. The van der Waals surface area contributed by atoms with Crippen LogP contribution in [0.25, 0.3) is 0 Å². The van der Waals surface area contributed by atoms with E-state index in [1.165, 1.54) is 0 Å². The monoisotopic (exact) mass is 306 g/mol. The lowest BCUT2D eigenvalue weighted by molar-refractivity contribution is 0.118. The van der Waals surface area contributed by atoms with Gasteiger partial charge in [-0.1, -0.05) is 27.7 Å². The molecule has 0 amide bonds. The van der Waals surface area contributed by atoms with E-state index < -0.39 is 10.2 Å². The molecule has 0 aromatic heterocycles. The summed E-state index contributed by atoms with van der Waals surface area (Å²) in [5, 5.41) is 9.52. The molecule has 1 saturated heterocycles. The molecule has 120 valence electrons. The minimum atomic E-state index is -3.44. The van der Waals surface area contributed by atoms with Gasteiger partial charge >= 0.3 is 0 Å². The van der Waals surface area contributed by atoms with Crippen molar-refractivity contribution in [1.82, 2.24) is 9.03 Å². The lowest BCUT2D eigenvalue weighted by atomic mass is 9.84. The van der Waals surface area contributed by atoms with Gasteiger partial charge in [0.2, 0.25) is 0 Å². The van der Waals surface area contributed by atoms with E-state index in [2.05, 4.69) is 18.6 Å². The van der Waals surface area contributed by atoms with Crippen molar-refractivity contribution in [2.75, 3.05) is 26.2 Å². The van der Waals surface area contributed by atoms with Crippen LogP contribution >= 0.6 is 0 Å². The Labute approximate surface area is 123 Å². The molecule has 1 heterocycles. The quantitative estimate of drug-likeness (QED) is 0.750. The third-order valence-electron chi connectivity index (χ3n) is 4.64. The molecule has 0 bridgehead atoms. The van der Waals surface area contributed by atoms with Crippen LogP contribution in [0, 0.1) is 17.3 Å². The molecule has 0 spiro atoms. The summed E-state index contributed by atoms with van der Waals surface area (Å²) in [6, 6.07) is 0. The van der Waals surface area contributed by atoms with Crippen LogP contribution in [0.4, 0.5) is 0 Å². The zero-order valence-corrected chi connectivity index (χ0v) is 14.0. The van der Waals surface area contributed by atoms with Gasteiger partial charge in [-0.2, -0.15) is 12.7 Å². The summed E-state index contributed by atoms with van der Waals surface area (Å²) < 4.78 is 29.1. The topological polar surface area (TPSA) is 69.6 Å². The average molecular weight is 306 g/mol. The van der Waals surface area contributed by atoms with Crippen molar-refractivity contribution in [3.05, 3.63) is 0 Å². The van der Waals surface area contributed by atoms with Crippen LogP contribution < -0.4 is 4.72 Å². The van der Waals surface area contributed by atoms with Gasteiger partial charge in [-0.3, -0.25) is 0 Å². The highest BCUT2D eigenvalue weighted by Crippen LogP contribution is 2.26. The van der Waals surface area contributed by atoms with E-state index in [4.69, 9.17) is 0 Å². The van der Waals surface area contributed by atoms with E-state index in [1.807, 2.05) is 13.8 Å². The largest absolute Gasteiger partial charge is 0.396 e. The van der Waals surface area contributed by atoms with Crippen molar-refractivity contribution in [3.63, 3.8) is 0 Å². The Morgan fingerprint density at radius 2 is 1.70 bits per heavy atom. The lowest BCUT2D eigenvalue weighted by Gasteiger charge is -2.36. The van der Waals surface area contributed by atoms with Gasteiger partial charge < -0.3 is 5.11 Å². The van der Waals surface area contributed by atoms with Crippen LogP contribution in [0.2, 0.25) is 0 Å². The second-order valence-corrected chi connectivity index (χ2v) is 8.21. The fourth-order valence-electron chi connectivity index (χ4n) is 2.92. The van der Waals surface area contributed by atoms with Crippen LogP contribution in [0.1, 0.15) is 47.0 Å². The van der Waals surface area contributed by atoms with Crippen LogP contribution in [0.15, 0.2) is 0 Å². The molecule has 2 unspecified atom stereocenters. The second kappa shape index (κ2) is 7.20. The fourth-order valence-corrected chi connectivity index (χ4v) is 4.49. The summed E-state index contributed by atoms with van der Waals surface area (Å²) in [6.45, 7) is 9.64. The molecule has 1 rings (SSSR count). The maximum atomic E-state index is 12.4. The highest BCUT2D eigenvalue weighted by molar-refractivity contribution is 7.87. The van der Waals surface area contributed by atoms with E-state index in [0.29, 0.717) is 31.5 Å². The standard InChI is InChI=1S/C14H30N2O3S/c1-5-14(6-2,11-17)10-15-20(18,19)16-8-12(3)7-13(4)9-16/h12-13,15,17H,5-11H2,1-4H3. The van der Waals surface area contributed by atoms with E-state index in [-0.39, 0.29) is 12.0 Å². The summed E-state index contributed by atoms with van der Waals surface area (Å²) in [5.74, 6) is 0.797. The summed E-state index contributed by atoms with van der Waals surface area (Å²) in [5.41, 5.74) is -0.347. The average Bonchev–Trinajstić information content (AvgIpc) is 2.40. The van der Waals surface area contributed by atoms with Crippen molar-refractivity contribution in [2.45, 2.75) is 47.0 Å². The number of nitrogens with one attached hydrogen (secondary N) is 1. The Balaban J connectivity index is 2.70. The van der Waals surface area contributed by atoms with Crippen molar-refractivity contribution in [1.29, 1.82) is 0 Å². The number of hydrogen-bond donors (Lipinski definition) is 2. The summed E-state index contributed by atoms with van der Waals surface area (Å²) in [7, 11) is -3.44. The number of hydrogen-bond acceptors (Lipinski definition) is 3. The van der Waals surface area contributed by atoms with Crippen molar-refractivity contribution < 1.29 is 13.5 Å². The Morgan fingerprint density at radius 1 is 1.20 bits per heavy atom. The predicted molar refractivity (Wildman–Crippen MR) is 81.5 cm³/mol. The number of aliphatic hydroxyl groups excluding tert-OH is 1. The second-order valence-electron chi connectivity index (χ2n) is 6.45. The minimum absolute atomic E-state index is 0.00925. The maximum Gasteiger partial charge on any atom is 0.279 e. The first-order chi connectivity index (χ1) is 9.28. The van der Waals surface area contributed by atoms with Gasteiger partial charge in [-0.15, -0.1) is 0 Å². The molecule has 0 aromatic rings. The number of nitrogens with zero attached hydrogens (tertiary/aromatic N) is 1. The van der Waals surface area contributed by atoms with Gasteiger partial charge in [0.25, 0.3) is 10.2 Å². The summed E-state index contributed by atoms with van der Waals surface area (Å²) in [6.07, 6.45) is 2.60. The van der Waals surface area contributed by atoms with E-state index >= 15 is 0 Å². The first-order valence-electron chi connectivity index (χ1n) is 7.64. The van der Waals surface area contributed by atoms with Gasteiger partial charge in [0.15, 0.2) is 0 Å².